The number of rotatable bonds is 6. The highest BCUT2D eigenvalue weighted by Crippen LogP contribution is 2.23. The topological polar surface area (TPSA) is 37.4 Å². The van der Waals surface area contributed by atoms with E-state index < -0.39 is 0 Å². The second-order valence-electron chi connectivity index (χ2n) is 5.64. The molecule has 0 bridgehead atoms. The Balaban J connectivity index is 1.98. The van der Waals surface area contributed by atoms with Crippen molar-refractivity contribution < 1.29 is 9.59 Å². The first-order valence-corrected chi connectivity index (χ1v) is 7.26. The van der Waals surface area contributed by atoms with E-state index in [4.69, 9.17) is 0 Å². The monoisotopic (exact) mass is 283 g/mol. The van der Waals surface area contributed by atoms with E-state index in [1.807, 2.05) is 13.8 Å². The van der Waals surface area contributed by atoms with Crippen molar-refractivity contribution in [3.05, 3.63) is 59.2 Å². The molecule has 0 fully saturated rings. The predicted octanol–water partition coefficient (Wildman–Crippen LogP) is 3.98. The Morgan fingerprint density at radius 3 is 2.24 bits per heavy atom. The van der Waals surface area contributed by atoms with Gasteiger partial charge in [-0.3, -0.25) is 14.5 Å². The van der Waals surface area contributed by atoms with Gasteiger partial charge in [0.2, 0.25) is 0 Å². The van der Waals surface area contributed by atoms with Crippen LogP contribution in [0.5, 0.6) is 0 Å². The standard InChI is InChI=1S/C18H21NO2/c1-13(2)8-4-5-9-14(3)12-19-17(20)15-10-6-7-11-16(15)18(19)21/h6-7,9-11H,1,4-5,8,12H2,2-3H3. The summed E-state index contributed by atoms with van der Waals surface area (Å²) in [6.07, 6.45) is 5.11. The van der Waals surface area contributed by atoms with Gasteiger partial charge in [-0.15, -0.1) is 6.58 Å². The number of unbranched alkanes of at least 4 members (excludes halogenated alkanes) is 1. The zero-order valence-electron chi connectivity index (χ0n) is 12.7. The summed E-state index contributed by atoms with van der Waals surface area (Å²) in [6.45, 7) is 8.24. The largest absolute Gasteiger partial charge is 0.270 e. The Labute approximate surface area is 126 Å². The van der Waals surface area contributed by atoms with Gasteiger partial charge in [0.1, 0.15) is 0 Å². The number of hydrogen-bond donors (Lipinski definition) is 0. The molecule has 1 aromatic carbocycles. The predicted molar refractivity (Wildman–Crippen MR) is 84.2 cm³/mol. The highest BCUT2D eigenvalue weighted by atomic mass is 16.2. The Morgan fingerprint density at radius 2 is 1.71 bits per heavy atom. The van der Waals surface area contributed by atoms with Crippen molar-refractivity contribution in [3.8, 4) is 0 Å². The number of nitrogens with zero attached hydrogens (tertiary/aromatic N) is 1. The summed E-state index contributed by atoms with van der Waals surface area (Å²) in [5.41, 5.74) is 3.25. The molecule has 0 aromatic heterocycles. The summed E-state index contributed by atoms with van der Waals surface area (Å²) in [5.74, 6) is -0.379. The SMILES string of the molecule is C=C(C)CCCC=C(C)CN1C(=O)c2ccccc2C1=O. The van der Waals surface area contributed by atoms with Crippen molar-refractivity contribution in [2.24, 2.45) is 0 Å². The van der Waals surface area contributed by atoms with Crippen LogP contribution in [0.3, 0.4) is 0 Å². The Kier molecular flexibility index (Phi) is 4.73. The third kappa shape index (κ3) is 3.48. The van der Waals surface area contributed by atoms with E-state index in [1.165, 1.54) is 10.5 Å². The van der Waals surface area contributed by atoms with Gasteiger partial charge in [0.05, 0.1) is 11.1 Å². The average Bonchev–Trinajstić information content (AvgIpc) is 2.69. The van der Waals surface area contributed by atoms with Gasteiger partial charge in [-0.25, -0.2) is 0 Å². The number of imide groups is 1. The molecule has 0 N–H and O–H groups in total. The average molecular weight is 283 g/mol. The number of benzene rings is 1. The number of hydrogen-bond acceptors (Lipinski definition) is 2. The molecule has 0 unspecified atom stereocenters. The van der Waals surface area contributed by atoms with E-state index in [2.05, 4.69) is 12.7 Å². The van der Waals surface area contributed by atoms with E-state index in [0.29, 0.717) is 17.7 Å². The van der Waals surface area contributed by atoms with Gasteiger partial charge in [0.25, 0.3) is 11.8 Å². The Bertz CT molecular complexity index is 578. The maximum absolute atomic E-state index is 12.2. The molecule has 2 amide bonds. The zero-order chi connectivity index (χ0) is 15.4. The van der Waals surface area contributed by atoms with Crippen molar-refractivity contribution in [2.75, 3.05) is 6.54 Å². The van der Waals surface area contributed by atoms with Crippen LogP contribution in [0, 0.1) is 0 Å². The third-order valence-electron chi connectivity index (χ3n) is 3.59. The first-order chi connectivity index (χ1) is 10.0. The highest BCUT2D eigenvalue weighted by molar-refractivity contribution is 6.21. The van der Waals surface area contributed by atoms with Crippen molar-refractivity contribution >= 4 is 11.8 Å². The molecule has 2 rings (SSSR count). The molecule has 1 aliphatic heterocycles. The minimum absolute atomic E-state index is 0.190. The molecule has 0 aliphatic carbocycles. The first-order valence-electron chi connectivity index (χ1n) is 7.26. The van der Waals surface area contributed by atoms with Crippen molar-refractivity contribution in [2.45, 2.75) is 33.1 Å². The molecule has 1 heterocycles. The van der Waals surface area contributed by atoms with Gasteiger partial charge in [-0.05, 0) is 45.2 Å². The molecule has 0 spiro atoms. The van der Waals surface area contributed by atoms with Crippen molar-refractivity contribution in [3.63, 3.8) is 0 Å². The molecule has 0 atom stereocenters. The van der Waals surface area contributed by atoms with E-state index in [-0.39, 0.29) is 11.8 Å². The number of amides is 2. The second-order valence-corrected chi connectivity index (χ2v) is 5.64. The van der Waals surface area contributed by atoms with E-state index in [9.17, 15) is 9.59 Å². The first kappa shape index (κ1) is 15.2. The van der Waals surface area contributed by atoms with Gasteiger partial charge in [0.15, 0.2) is 0 Å². The van der Waals surface area contributed by atoms with Crippen LogP contribution >= 0.6 is 0 Å². The molecule has 0 radical (unpaired) electrons. The van der Waals surface area contributed by atoms with Crippen LogP contribution in [0.25, 0.3) is 0 Å². The highest BCUT2D eigenvalue weighted by Gasteiger charge is 2.34. The van der Waals surface area contributed by atoms with Gasteiger partial charge >= 0.3 is 0 Å². The summed E-state index contributed by atoms with van der Waals surface area (Å²) >= 11 is 0. The minimum atomic E-state index is -0.190. The van der Waals surface area contributed by atoms with Gasteiger partial charge in [-0.1, -0.05) is 29.4 Å². The fourth-order valence-electron chi connectivity index (χ4n) is 2.45. The summed E-state index contributed by atoms with van der Waals surface area (Å²) in [7, 11) is 0. The second kappa shape index (κ2) is 6.53. The smallest absolute Gasteiger partial charge is 0.261 e. The van der Waals surface area contributed by atoms with Crippen LogP contribution in [0.4, 0.5) is 0 Å². The lowest BCUT2D eigenvalue weighted by Gasteiger charge is -2.14. The molecule has 110 valence electrons. The molecule has 1 aliphatic rings. The van der Waals surface area contributed by atoms with Crippen molar-refractivity contribution in [1.29, 1.82) is 0 Å². The summed E-state index contributed by atoms with van der Waals surface area (Å²) < 4.78 is 0. The number of fused-ring (bicyclic) bond motifs is 1. The lowest BCUT2D eigenvalue weighted by atomic mass is 10.1. The maximum Gasteiger partial charge on any atom is 0.261 e. The number of carbonyl (C=O) groups excluding carboxylic acids is 2. The molecule has 0 saturated carbocycles. The fraction of sp³-hybridized carbons (Fsp3) is 0.333. The summed E-state index contributed by atoms with van der Waals surface area (Å²) in [6, 6.07) is 6.99. The lowest BCUT2D eigenvalue weighted by Crippen LogP contribution is -2.31. The van der Waals surface area contributed by atoms with E-state index >= 15 is 0 Å². The maximum atomic E-state index is 12.2. The molecule has 3 nitrogen and oxygen atoms in total. The normalized spacial score (nSPS) is 14.6. The fourth-order valence-corrected chi connectivity index (χ4v) is 2.45. The number of allylic oxidation sites excluding steroid dienone is 2. The van der Waals surface area contributed by atoms with Crippen LogP contribution in [-0.4, -0.2) is 23.3 Å². The minimum Gasteiger partial charge on any atom is -0.270 e. The molecular formula is C18H21NO2. The van der Waals surface area contributed by atoms with Crippen LogP contribution < -0.4 is 0 Å². The van der Waals surface area contributed by atoms with Crippen LogP contribution in [0.1, 0.15) is 53.8 Å². The Morgan fingerprint density at radius 1 is 1.14 bits per heavy atom. The van der Waals surface area contributed by atoms with Gasteiger partial charge in [-0.2, -0.15) is 0 Å². The van der Waals surface area contributed by atoms with E-state index in [1.54, 1.807) is 24.3 Å². The molecule has 3 heteroatoms. The molecular weight excluding hydrogens is 262 g/mol. The Hall–Kier alpha value is -2.16. The number of carbonyl (C=O) groups is 2. The molecule has 21 heavy (non-hydrogen) atoms. The van der Waals surface area contributed by atoms with Crippen LogP contribution in [0.15, 0.2) is 48.1 Å². The lowest BCUT2D eigenvalue weighted by molar-refractivity contribution is 0.0668. The molecule has 1 aromatic rings. The quantitative estimate of drug-likeness (QED) is 0.450. The summed E-state index contributed by atoms with van der Waals surface area (Å²) in [4.78, 5) is 25.8. The zero-order valence-corrected chi connectivity index (χ0v) is 12.7. The van der Waals surface area contributed by atoms with Gasteiger partial charge in [0, 0.05) is 6.54 Å². The van der Waals surface area contributed by atoms with Crippen LogP contribution in [0.2, 0.25) is 0 Å². The van der Waals surface area contributed by atoms with Crippen molar-refractivity contribution in [1.82, 2.24) is 4.90 Å². The van der Waals surface area contributed by atoms with E-state index in [0.717, 1.165) is 24.8 Å². The molecule has 0 saturated heterocycles. The van der Waals surface area contributed by atoms with Gasteiger partial charge < -0.3 is 0 Å². The third-order valence-corrected chi connectivity index (χ3v) is 3.59. The van der Waals surface area contributed by atoms with Crippen LogP contribution in [-0.2, 0) is 0 Å². The summed E-state index contributed by atoms with van der Waals surface area (Å²) in [5, 5.41) is 0.